The number of halogens is 5. The lowest BCUT2D eigenvalue weighted by Gasteiger charge is -2.12. The molecule has 9 heteroatoms. The van der Waals surface area contributed by atoms with E-state index in [1.165, 1.54) is 11.8 Å². The summed E-state index contributed by atoms with van der Waals surface area (Å²) in [4.78, 5) is 0. The fraction of sp³-hybridized carbons (Fsp3) is 0.182. The molecule has 108 valence electrons. The summed E-state index contributed by atoms with van der Waals surface area (Å²) >= 11 is 13.1. The minimum absolute atomic E-state index is 0.120. The number of rotatable bonds is 3. The number of hydrogen-bond acceptors (Lipinski definition) is 3. The Morgan fingerprint density at radius 3 is 2.25 bits per heavy atom. The first-order chi connectivity index (χ1) is 9.31. The molecule has 0 saturated carbocycles. The van der Waals surface area contributed by atoms with Gasteiger partial charge in [-0.25, -0.2) is 0 Å². The Balaban J connectivity index is 2.33. The summed E-state index contributed by atoms with van der Waals surface area (Å²) in [7, 11) is 0. The van der Waals surface area contributed by atoms with Gasteiger partial charge in [-0.2, -0.15) is 18.3 Å². The SMILES string of the molecule is CSc1cc(Nc2c(Cl)cc(C(F)(F)F)cc2Cl)[nH]n1. The van der Waals surface area contributed by atoms with Crippen LogP contribution in [0.5, 0.6) is 0 Å². The molecule has 0 unspecified atom stereocenters. The van der Waals surface area contributed by atoms with E-state index in [0.717, 1.165) is 17.2 Å². The number of H-pyrrole nitrogens is 1. The Morgan fingerprint density at radius 1 is 1.20 bits per heavy atom. The van der Waals surface area contributed by atoms with Crippen molar-refractivity contribution in [2.75, 3.05) is 11.6 Å². The average molecular weight is 342 g/mol. The van der Waals surface area contributed by atoms with Crippen molar-refractivity contribution in [1.82, 2.24) is 10.2 Å². The first kappa shape index (κ1) is 15.3. The van der Waals surface area contributed by atoms with E-state index in [0.29, 0.717) is 5.82 Å². The minimum atomic E-state index is -4.49. The molecule has 20 heavy (non-hydrogen) atoms. The average Bonchev–Trinajstić information content (AvgIpc) is 2.80. The maximum atomic E-state index is 12.6. The van der Waals surface area contributed by atoms with Gasteiger partial charge in [0, 0.05) is 6.07 Å². The molecule has 1 aromatic heterocycles. The van der Waals surface area contributed by atoms with Gasteiger partial charge in [-0.1, -0.05) is 23.2 Å². The van der Waals surface area contributed by atoms with Crippen LogP contribution in [0.25, 0.3) is 0 Å². The molecule has 1 heterocycles. The number of anilines is 2. The van der Waals surface area contributed by atoms with Crippen LogP contribution in [0.1, 0.15) is 5.56 Å². The zero-order valence-corrected chi connectivity index (χ0v) is 12.3. The van der Waals surface area contributed by atoms with Crippen LogP contribution in [0.2, 0.25) is 10.0 Å². The summed E-state index contributed by atoms with van der Waals surface area (Å²) in [5, 5.41) is 9.94. The van der Waals surface area contributed by atoms with Crippen LogP contribution in [-0.2, 0) is 6.18 Å². The van der Waals surface area contributed by atoms with Gasteiger partial charge in [0.1, 0.15) is 10.8 Å². The van der Waals surface area contributed by atoms with Crippen LogP contribution in [0.4, 0.5) is 24.7 Å². The lowest BCUT2D eigenvalue weighted by Crippen LogP contribution is -2.05. The van der Waals surface area contributed by atoms with E-state index < -0.39 is 11.7 Å². The van der Waals surface area contributed by atoms with E-state index in [9.17, 15) is 13.2 Å². The van der Waals surface area contributed by atoms with Crippen LogP contribution in [-0.4, -0.2) is 16.5 Å². The van der Waals surface area contributed by atoms with E-state index in [1.54, 1.807) is 6.07 Å². The Kier molecular flexibility index (Phi) is 4.41. The van der Waals surface area contributed by atoms with Gasteiger partial charge in [-0.05, 0) is 18.4 Å². The van der Waals surface area contributed by atoms with Gasteiger partial charge in [0.25, 0.3) is 0 Å². The maximum Gasteiger partial charge on any atom is 0.416 e. The van der Waals surface area contributed by atoms with E-state index in [4.69, 9.17) is 23.2 Å². The predicted octanol–water partition coefficient (Wildman–Crippen LogP) is 5.20. The molecule has 0 bridgehead atoms. The van der Waals surface area contributed by atoms with Crippen molar-refractivity contribution < 1.29 is 13.2 Å². The van der Waals surface area contributed by atoms with Crippen LogP contribution < -0.4 is 5.32 Å². The Bertz CT molecular complexity index is 605. The third kappa shape index (κ3) is 3.34. The summed E-state index contributed by atoms with van der Waals surface area (Å²) in [6.07, 6.45) is -2.65. The molecule has 0 aliphatic heterocycles. The van der Waals surface area contributed by atoms with E-state index >= 15 is 0 Å². The van der Waals surface area contributed by atoms with Gasteiger partial charge in [-0.15, -0.1) is 11.8 Å². The molecule has 2 aromatic rings. The number of alkyl halides is 3. The highest BCUT2D eigenvalue weighted by atomic mass is 35.5. The van der Waals surface area contributed by atoms with Gasteiger partial charge < -0.3 is 5.32 Å². The second-order valence-electron chi connectivity index (χ2n) is 3.76. The van der Waals surface area contributed by atoms with Crippen molar-refractivity contribution in [3.8, 4) is 0 Å². The maximum absolute atomic E-state index is 12.6. The summed E-state index contributed by atoms with van der Waals surface area (Å²) in [6.45, 7) is 0. The second kappa shape index (κ2) is 5.75. The quantitative estimate of drug-likeness (QED) is 0.753. The molecule has 1 aromatic carbocycles. The molecule has 3 nitrogen and oxygen atoms in total. The molecule has 2 rings (SSSR count). The molecule has 0 spiro atoms. The highest BCUT2D eigenvalue weighted by Crippen LogP contribution is 2.39. The molecular weight excluding hydrogens is 334 g/mol. The first-order valence-corrected chi connectivity index (χ1v) is 7.22. The third-order valence-corrected chi connectivity index (χ3v) is 3.62. The summed E-state index contributed by atoms with van der Waals surface area (Å²) < 4.78 is 37.8. The van der Waals surface area contributed by atoms with Crippen LogP contribution >= 0.6 is 35.0 Å². The lowest BCUT2D eigenvalue weighted by molar-refractivity contribution is -0.137. The van der Waals surface area contributed by atoms with Crippen molar-refractivity contribution in [3.63, 3.8) is 0 Å². The van der Waals surface area contributed by atoms with Crippen molar-refractivity contribution in [3.05, 3.63) is 33.8 Å². The molecule has 0 aliphatic rings. The zero-order chi connectivity index (χ0) is 14.9. The van der Waals surface area contributed by atoms with Crippen LogP contribution in [0.3, 0.4) is 0 Å². The molecule has 0 radical (unpaired) electrons. The molecule has 0 fully saturated rings. The molecule has 0 amide bonds. The fourth-order valence-corrected chi connectivity index (χ4v) is 2.42. The number of aromatic amines is 1. The smallest absolute Gasteiger partial charge is 0.338 e. The number of thioether (sulfide) groups is 1. The Hall–Kier alpha value is -1.05. The predicted molar refractivity (Wildman–Crippen MR) is 75.1 cm³/mol. The Labute approximate surface area is 126 Å². The first-order valence-electron chi connectivity index (χ1n) is 5.24. The van der Waals surface area contributed by atoms with E-state index in [1.807, 2.05) is 6.26 Å². The van der Waals surface area contributed by atoms with Gasteiger partial charge in [0.15, 0.2) is 0 Å². The van der Waals surface area contributed by atoms with Gasteiger partial charge in [0.05, 0.1) is 21.3 Å². The monoisotopic (exact) mass is 341 g/mol. The zero-order valence-electron chi connectivity index (χ0n) is 9.98. The summed E-state index contributed by atoms with van der Waals surface area (Å²) in [6, 6.07) is 3.33. The van der Waals surface area contributed by atoms with Crippen molar-refractivity contribution in [1.29, 1.82) is 0 Å². The highest BCUT2D eigenvalue weighted by Gasteiger charge is 2.32. The number of hydrogen-bond donors (Lipinski definition) is 2. The lowest BCUT2D eigenvalue weighted by atomic mass is 10.2. The standard InChI is InChI=1S/C11H8Cl2F3N3S/c1-20-9-4-8(18-19-9)17-10-6(12)2-5(3-7(10)13)11(14,15)16/h2-4H,1H3,(H2,17,18,19). The van der Waals surface area contributed by atoms with Crippen LogP contribution in [0, 0.1) is 0 Å². The minimum Gasteiger partial charge on any atom is -0.338 e. The third-order valence-electron chi connectivity index (χ3n) is 2.39. The van der Waals surface area contributed by atoms with Gasteiger partial charge in [0.2, 0.25) is 0 Å². The molecule has 0 atom stereocenters. The normalized spacial score (nSPS) is 11.7. The molecular formula is C11H8Cl2F3N3S. The topological polar surface area (TPSA) is 40.7 Å². The molecule has 0 aliphatic carbocycles. The number of nitrogens with one attached hydrogen (secondary N) is 2. The largest absolute Gasteiger partial charge is 0.416 e. The van der Waals surface area contributed by atoms with Crippen molar-refractivity contribution >= 4 is 46.5 Å². The van der Waals surface area contributed by atoms with Crippen molar-refractivity contribution in [2.24, 2.45) is 0 Å². The van der Waals surface area contributed by atoms with E-state index in [2.05, 4.69) is 15.5 Å². The fourth-order valence-electron chi connectivity index (χ4n) is 1.46. The van der Waals surface area contributed by atoms with E-state index in [-0.39, 0.29) is 15.7 Å². The second-order valence-corrected chi connectivity index (χ2v) is 5.40. The van der Waals surface area contributed by atoms with Gasteiger partial charge >= 0.3 is 6.18 Å². The van der Waals surface area contributed by atoms with Crippen LogP contribution in [0.15, 0.2) is 23.2 Å². The molecule has 2 N–H and O–H groups in total. The van der Waals surface area contributed by atoms with Crippen molar-refractivity contribution in [2.45, 2.75) is 11.2 Å². The summed E-state index contributed by atoms with van der Waals surface area (Å²) in [5.41, 5.74) is -0.704. The highest BCUT2D eigenvalue weighted by molar-refractivity contribution is 7.98. The summed E-state index contributed by atoms with van der Waals surface area (Å²) in [5.74, 6) is 0.484. The Morgan fingerprint density at radius 2 is 1.80 bits per heavy atom. The molecule has 0 saturated heterocycles. The number of nitrogens with zero attached hydrogens (tertiary/aromatic N) is 1. The number of aromatic nitrogens is 2. The van der Waals surface area contributed by atoms with Gasteiger partial charge in [-0.3, -0.25) is 5.10 Å². The number of benzene rings is 1.